The SMILES string of the molecule is CCC(C)c1cc(C#N)c(C(C)CC)c(S(N)(=O)=O)c1. The van der Waals surface area contributed by atoms with Crippen molar-refractivity contribution in [3.8, 4) is 6.07 Å². The third-order valence-corrected chi connectivity index (χ3v) is 4.83. The topological polar surface area (TPSA) is 83.9 Å². The standard InChI is InChI=1S/C15H22N2O2S/c1-5-10(3)12-7-13(9-16)15(11(4)6-2)14(8-12)20(17,18)19/h7-8,10-11H,5-6H2,1-4H3,(H2,17,18,19). The van der Waals surface area contributed by atoms with Crippen molar-refractivity contribution in [2.75, 3.05) is 0 Å². The summed E-state index contributed by atoms with van der Waals surface area (Å²) in [5.74, 6) is 0.164. The lowest BCUT2D eigenvalue weighted by molar-refractivity contribution is 0.593. The summed E-state index contributed by atoms with van der Waals surface area (Å²) in [7, 11) is -3.84. The van der Waals surface area contributed by atoms with Gasteiger partial charge in [0.2, 0.25) is 10.0 Å². The van der Waals surface area contributed by atoms with Crippen molar-refractivity contribution in [1.82, 2.24) is 0 Å². The molecule has 2 atom stereocenters. The maximum atomic E-state index is 11.9. The zero-order valence-electron chi connectivity index (χ0n) is 12.5. The van der Waals surface area contributed by atoms with E-state index in [1.165, 1.54) is 0 Å². The van der Waals surface area contributed by atoms with E-state index in [1.54, 1.807) is 12.1 Å². The lowest BCUT2D eigenvalue weighted by Gasteiger charge is -2.19. The van der Waals surface area contributed by atoms with E-state index in [0.717, 1.165) is 18.4 Å². The van der Waals surface area contributed by atoms with Crippen molar-refractivity contribution in [2.24, 2.45) is 5.14 Å². The van der Waals surface area contributed by atoms with Gasteiger partial charge in [-0.3, -0.25) is 0 Å². The minimum atomic E-state index is -3.84. The van der Waals surface area contributed by atoms with Crippen molar-refractivity contribution in [1.29, 1.82) is 5.26 Å². The molecular formula is C15H22N2O2S. The van der Waals surface area contributed by atoms with Crippen LogP contribution in [0.4, 0.5) is 0 Å². The monoisotopic (exact) mass is 294 g/mol. The van der Waals surface area contributed by atoms with E-state index in [4.69, 9.17) is 5.14 Å². The van der Waals surface area contributed by atoms with Gasteiger partial charge in [0.05, 0.1) is 16.5 Å². The van der Waals surface area contributed by atoms with Crippen LogP contribution in [0, 0.1) is 11.3 Å². The van der Waals surface area contributed by atoms with Crippen molar-refractivity contribution >= 4 is 10.0 Å². The molecule has 0 amide bonds. The average Bonchev–Trinajstić information content (AvgIpc) is 2.42. The number of nitriles is 1. The summed E-state index contributed by atoms with van der Waals surface area (Å²) < 4.78 is 23.7. The number of primary sulfonamides is 1. The summed E-state index contributed by atoms with van der Waals surface area (Å²) in [6.45, 7) is 7.90. The van der Waals surface area contributed by atoms with Gasteiger partial charge in [0.25, 0.3) is 0 Å². The third-order valence-electron chi connectivity index (χ3n) is 3.88. The van der Waals surface area contributed by atoms with E-state index in [2.05, 4.69) is 6.07 Å². The molecule has 0 saturated heterocycles. The molecule has 0 aliphatic heterocycles. The van der Waals surface area contributed by atoms with Crippen molar-refractivity contribution in [3.63, 3.8) is 0 Å². The average molecular weight is 294 g/mol. The molecule has 0 fully saturated rings. The molecule has 2 unspecified atom stereocenters. The van der Waals surface area contributed by atoms with Crippen molar-refractivity contribution in [3.05, 3.63) is 28.8 Å². The van der Waals surface area contributed by atoms with Crippen LogP contribution in [0.15, 0.2) is 17.0 Å². The Balaban J connectivity index is 3.71. The summed E-state index contributed by atoms with van der Waals surface area (Å²) in [5, 5.41) is 14.7. The van der Waals surface area contributed by atoms with Gasteiger partial charge in [-0.25, -0.2) is 13.6 Å². The molecule has 1 aromatic rings. The highest BCUT2D eigenvalue weighted by Crippen LogP contribution is 2.33. The minimum Gasteiger partial charge on any atom is -0.225 e. The second kappa shape index (κ2) is 6.38. The van der Waals surface area contributed by atoms with Crippen LogP contribution in [0.5, 0.6) is 0 Å². The second-order valence-electron chi connectivity index (χ2n) is 5.26. The molecule has 0 saturated carbocycles. The van der Waals surface area contributed by atoms with Crippen LogP contribution in [-0.2, 0) is 10.0 Å². The van der Waals surface area contributed by atoms with Crippen LogP contribution in [0.2, 0.25) is 0 Å². The summed E-state index contributed by atoms with van der Waals surface area (Å²) in [4.78, 5) is 0.0983. The summed E-state index contributed by atoms with van der Waals surface area (Å²) in [5.41, 5.74) is 1.81. The summed E-state index contributed by atoms with van der Waals surface area (Å²) in [6.07, 6.45) is 1.62. The fraction of sp³-hybridized carbons (Fsp3) is 0.533. The molecule has 4 nitrogen and oxygen atoms in total. The Labute approximate surface area is 121 Å². The third kappa shape index (κ3) is 3.38. The number of hydrogen-bond acceptors (Lipinski definition) is 3. The molecular weight excluding hydrogens is 272 g/mol. The van der Waals surface area contributed by atoms with Gasteiger partial charge >= 0.3 is 0 Å². The number of rotatable bonds is 5. The Kier molecular flexibility index (Phi) is 5.32. The largest absolute Gasteiger partial charge is 0.238 e. The number of nitrogens with two attached hydrogens (primary N) is 1. The molecule has 0 bridgehead atoms. The molecule has 0 aromatic heterocycles. The highest BCUT2D eigenvalue weighted by molar-refractivity contribution is 7.89. The Hall–Kier alpha value is -1.38. The molecule has 0 aliphatic rings. The minimum absolute atomic E-state index is 0.0241. The van der Waals surface area contributed by atoms with Gasteiger partial charge in [-0.15, -0.1) is 0 Å². The summed E-state index contributed by atoms with van der Waals surface area (Å²) >= 11 is 0. The molecule has 110 valence electrons. The van der Waals surface area contributed by atoms with Crippen LogP contribution in [0.3, 0.4) is 0 Å². The fourth-order valence-corrected chi connectivity index (χ4v) is 3.13. The molecule has 1 rings (SSSR count). The molecule has 2 N–H and O–H groups in total. The van der Waals surface area contributed by atoms with Crippen molar-refractivity contribution < 1.29 is 8.42 Å². The number of benzene rings is 1. The Bertz CT molecular complexity index is 630. The summed E-state index contributed by atoms with van der Waals surface area (Å²) in [6, 6.07) is 5.55. The van der Waals surface area contributed by atoms with E-state index in [9.17, 15) is 13.7 Å². The second-order valence-corrected chi connectivity index (χ2v) is 6.79. The van der Waals surface area contributed by atoms with E-state index >= 15 is 0 Å². The first-order chi connectivity index (χ1) is 9.26. The van der Waals surface area contributed by atoms with Gasteiger partial charge in [-0.2, -0.15) is 5.26 Å². The molecule has 1 aromatic carbocycles. The van der Waals surface area contributed by atoms with Gasteiger partial charge in [0.15, 0.2) is 0 Å². The van der Waals surface area contributed by atoms with E-state index in [1.807, 2.05) is 27.7 Å². The van der Waals surface area contributed by atoms with Crippen molar-refractivity contribution in [2.45, 2.75) is 57.3 Å². The number of sulfonamides is 1. The first-order valence-electron chi connectivity index (χ1n) is 6.86. The lowest BCUT2D eigenvalue weighted by atomic mass is 9.89. The quantitative estimate of drug-likeness (QED) is 0.904. The van der Waals surface area contributed by atoms with E-state index in [-0.39, 0.29) is 16.7 Å². The van der Waals surface area contributed by atoms with Gasteiger partial charge in [-0.05, 0) is 47.9 Å². The Morgan fingerprint density at radius 1 is 1.20 bits per heavy atom. The Morgan fingerprint density at radius 3 is 2.15 bits per heavy atom. The number of nitrogens with zero attached hydrogens (tertiary/aromatic N) is 1. The van der Waals surface area contributed by atoms with Crippen LogP contribution in [0.1, 0.15) is 69.1 Å². The van der Waals surface area contributed by atoms with Crippen LogP contribution in [0.25, 0.3) is 0 Å². The molecule has 5 heteroatoms. The van der Waals surface area contributed by atoms with E-state index < -0.39 is 10.0 Å². The molecule has 0 radical (unpaired) electrons. The highest BCUT2D eigenvalue weighted by atomic mass is 32.2. The predicted octanol–water partition coefficient (Wildman–Crippen LogP) is 3.23. The maximum absolute atomic E-state index is 11.9. The first kappa shape index (κ1) is 16.7. The zero-order valence-corrected chi connectivity index (χ0v) is 13.3. The highest BCUT2D eigenvalue weighted by Gasteiger charge is 2.23. The first-order valence-corrected chi connectivity index (χ1v) is 8.41. The number of hydrogen-bond donors (Lipinski definition) is 1. The van der Waals surface area contributed by atoms with E-state index in [0.29, 0.717) is 11.1 Å². The Morgan fingerprint density at radius 2 is 1.75 bits per heavy atom. The lowest BCUT2D eigenvalue weighted by Crippen LogP contribution is -2.17. The predicted molar refractivity (Wildman–Crippen MR) is 79.9 cm³/mol. The van der Waals surface area contributed by atoms with Crippen LogP contribution in [-0.4, -0.2) is 8.42 Å². The normalized spacial score (nSPS) is 14.6. The molecule has 20 heavy (non-hydrogen) atoms. The van der Waals surface area contributed by atoms with Gasteiger partial charge in [0.1, 0.15) is 0 Å². The van der Waals surface area contributed by atoms with Gasteiger partial charge in [-0.1, -0.05) is 27.7 Å². The molecule has 0 heterocycles. The molecule has 0 aliphatic carbocycles. The van der Waals surface area contributed by atoms with Gasteiger partial charge in [0, 0.05) is 0 Å². The van der Waals surface area contributed by atoms with Crippen LogP contribution < -0.4 is 5.14 Å². The molecule has 0 spiro atoms. The zero-order chi connectivity index (χ0) is 15.5. The smallest absolute Gasteiger partial charge is 0.225 e. The maximum Gasteiger partial charge on any atom is 0.238 e. The van der Waals surface area contributed by atoms with Gasteiger partial charge < -0.3 is 0 Å². The van der Waals surface area contributed by atoms with Crippen LogP contribution >= 0.6 is 0 Å². The fourth-order valence-electron chi connectivity index (χ4n) is 2.21.